The van der Waals surface area contributed by atoms with Crippen molar-refractivity contribution < 1.29 is 4.74 Å². The summed E-state index contributed by atoms with van der Waals surface area (Å²) in [7, 11) is 0. The molecule has 1 fully saturated rings. The molecule has 0 bridgehead atoms. The molecule has 31 heavy (non-hydrogen) atoms. The average molecular weight is 412 g/mol. The van der Waals surface area contributed by atoms with Gasteiger partial charge in [-0.25, -0.2) is 19.9 Å². The fourth-order valence-corrected chi connectivity index (χ4v) is 3.81. The summed E-state index contributed by atoms with van der Waals surface area (Å²) in [6.07, 6.45) is 2.36. The van der Waals surface area contributed by atoms with Crippen LogP contribution in [0, 0.1) is 13.8 Å². The van der Waals surface area contributed by atoms with Crippen LogP contribution in [-0.4, -0.2) is 33.0 Å². The number of benzene rings is 2. The first-order valence-corrected chi connectivity index (χ1v) is 10.5. The van der Waals surface area contributed by atoms with Crippen LogP contribution in [0.3, 0.4) is 0 Å². The number of rotatable bonds is 5. The van der Waals surface area contributed by atoms with E-state index in [4.69, 9.17) is 14.7 Å². The number of ether oxygens (including phenoxy) is 1. The molecule has 0 saturated carbocycles. The SMILES string of the molecule is Cc1cc(C)nc(Oc2ccc(Nc3nc4ccccc4nc3N3CCCC3)cc2)n1. The average Bonchev–Trinajstić information content (AvgIpc) is 3.29. The zero-order chi connectivity index (χ0) is 21.2. The maximum Gasteiger partial charge on any atom is 0.322 e. The number of aromatic nitrogens is 4. The molecule has 1 aliphatic heterocycles. The summed E-state index contributed by atoms with van der Waals surface area (Å²) >= 11 is 0. The van der Waals surface area contributed by atoms with Crippen molar-refractivity contribution in [1.82, 2.24) is 19.9 Å². The molecular weight excluding hydrogens is 388 g/mol. The summed E-state index contributed by atoms with van der Waals surface area (Å²) in [6.45, 7) is 5.86. The number of nitrogens with one attached hydrogen (secondary N) is 1. The molecule has 156 valence electrons. The van der Waals surface area contributed by atoms with Crippen LogP contribution in [0.4, 0.5) is 17.3 Å². The van der Waals surface area contributed by atoms with E-state index in [1.807, 2.05) is 68.4 Å². The van der Waals surface area contributed by atoms with Crippen LogP contribution in [0.1, 0.15) is 24.2 Å². The molecule has 0 unspecified atom stereocenters. The van der Waals surface area contributed by atoms with E-state index in [1.165, 1.54) is 12.8 Å². The first-order valence-electron chi connectivity index (χ1n) is 10.5. The van der Waals surface area contributed by atoms with Gasteiger partial charge in [0.2, 0.25) is 0 Å². The fraction of sp³-hybridized carbons (Fsp3) is 0.250. The highest BCUT2D eigenvalue weighted by Gasteiger charge is 2.19. The number of hydrogen-bond donors (Lipinski definition) is 1. The van der Waals surface area contributed by atoms with Crippen LogP contribution in [-0.2, 0) is 0 Å². The first-order chi connectivity index (χ1) is 15.1. The van der Waals surface area contributed by atoms with Gasteiger partial charge in [-0.2, -0.15) is 0 Å². The highest BCUT2D eigenvalue weighted by molar-refractivity contribution is 5.82. The Hall–Kier alpha value is -3.74. The molecular formula is C24H24N6O. The monoisotopic (exact) mass is 412 g/mol. The van der Waals surface area contributed by atoms with E-state index >= 15 is 0 Å². The van der Waals surface area contributed by atoms with E-state index in [0.717, 1.165) is 52.8 Å². The molecule has 7 nitrogen and oxygen atoms in total. The normalized spacial score (nSPS) is 13.5. The van der Waals surface area contributed by atoms with Gasteiger partial charge in [-0.3, -0.25) is 0 Å². The van der Waals surface area contributed by atoms with Gasteiger partial charge in [-0.15, -0.1) is 0 Å². The van der Waals surface area contributed by atoms with Gasteiger partial charge in [-0.05, 0) is 69.2 Å². The smallest absolute Gasteiger partial charge is 0.322 e. The maximum absolute atomic E-state index is 5.82. The molecule has 3 heterocycles. The predicted octanol–water partition coefficient (Wildman–Crippen LogP) is 5.17. The van der Waals surface area contributed by atoms with Gasteiger partial charge in [0.05, 0.1) is 11.0 Å². The molecule has 4 aromatic rings. The molecule has 0 radical (unpaired) electrons. The molecule has 1 saturated heterocycles. The zero-order valence-electron chi connectivity index (χ0n) is 17.7. The quantitative estimate of drug-likeness (QED) is 0.484. The first kappa shape index (κ1) is 19.2. The molecule has 2 aromatic carbocycles. The van der Waals surface area contributed by atoms with Gasteiger partial charge in [0.25, 0.3) is 0 Å². The number of hydrogen-bond acceptors (Lipinski definition) is 7. The number of para-hydroxylation sites is 2. The molecule has 0 amide bonds. The van der Waals surface area contributed by atoms with E-state index in [9.17, 15) is 0 Å². The van der Waals surface area contributed by atoms with Gasteiger partial charge in [0.1, 0.15) is 5.75 Å². The Morgan fingerprint density at radius 3 is 2.13 bits per heavy atom. The lowest BCUT2D eigenvalue weighted by atomic mass is 10.3. The number of fused-ring (bicyclic) bond motifs is 1. The van der Waals surface area contributed by atoms with Crippen LogP contribution in [0.15, 0.2) is 54.6 Å². The Morgan fingerprint density at radius 2 is 1.45 bits per heavy atom. The summed E-state index contributed by atoms with van der Waals surface area (Å²) in [5.41, 5.74) is 4.46. The van der Waals surface area contributed by atoms with Gasteiger partial charge in [-0.1, -0.05) is 12.1 Å². The molecule has 1 aliphatic rings. The molecule has 7 heteroatoms. The second kappa shape index (κ2) is 8.18. The van der Waals surface area contributed by atoms with Gasteiger partial charge >= 0.3 is 6.01 Å². The van der Waals surface area contributed by atoms with Gasteiger partial charge < -0.3 is 15.0 Å². The zero-order valence-corrected chi connectivity index (χ0v) is 17.7. The Balaban J connectivity index is 1.40. The van der Waals surface area contributed by atoms with Crippen molar-refractivity contribution >= 4 is 28.4 Å². The predicted molar refractivity (Wildman–Crippen MR) is 122 cm³/mol. The van der Waals surface area contributed by atoms with Crippen LogP contribution < -0.4 is 15.0 Å². The lowest BCUT2D eigenvalue weighted by molar-refractivity contribution is 0.439. The molecule has 0 aliphatic carbocycles. The van der Waals surface area contributed by atoms with Crippen molar-refractivity contribution in [3.05, 3.63) is 66.0 Å². The van der Waals surface area contributed by atoms with Crippen molar-refractivity contribution in [2.75, 3.05) is 23.3 Å². The van der Waals surface area contributed by atoms with E-state index in [-0.39, 0.29) is 0 Å². The lowest BCUT2D eigenvalue weighted by Crippen LogP contribution is -2.21. The Labute approximate surface area is 181 Å². The van der Waals surface area contributed by atoms with E-state index in [1.54, 1.807) is 0 Å². The van der Waals surface area contributed by atoms with Crippen molar-refractivity contribution in [3.63, 3.8) is 0 Å². The van der Waals surface area contributed by atoms with Crippen molar-refractivity contribution in [2.24, 2.45) is 0 Å². The third-order valence-electron chi connectivity index (χ3n) is 5.25. The van der Waals surface area contributed by atoms with E-state index in [2.05, 4.69) is 20.2 Å². The highest BCUT2D eigenvalue weighted by atomic mass is 16.5. The summed E-state index contributed by atoms with van der Waals surface area (Å²) in [5.74, 6) is 2.35. The Kier molecular flexibility index (Phi) is 5.08. The molecule has 0 spiro atoms. The van der Waals surface area contributed by atoms with Gasteiger partial charge in [0, 0.05) is 30.2 Å². The Morgan fingerprint density at radius 1 is 0.806 bits per heavy atom. The molecule has 2 aromatic heterocycles. The number of anilines is 3. The standard InChI is InChI=1S/C24H24N6O/c1-16-15-17(2)26-24(25-16)31-19-11-9-18(10-12-19)27-22-23(30-13-5-6-14-30)29-21-8-4-3-7-20(21)28-22/h3-4,7-12,15H,5-6,13-14H2,1-2H3,(H,27,28). The van der Waals surface area contributed by atoms with Crippen molar-refractivity contribution in [1.29, 1.82) is 0 Å². The van der Waals surface area contributed by atoms with Crippen LogP contribution in [0.25, 0.3) is 11.0 Å². The minimum absolute atomic E-state index is 0.356. The van der Waals surface area contributed by atoms with Crippen molar-refractivity contribution in [2.45, 2.75) is 26.7 Å². The highest BCUT2D eigenvalue weighted by Crippen LogP contribution is 2.31. The van der Waals surface area contributed by atoms with Crippen molar-refractivity contribution in [3.8, 4) is 11.8 Å². The summed E-state index contributed by atoms with van der Waals surface area (Å²) in [6, 6.07) is 18.0. The number of aryl methyl sites for hydroxylation is 2. The molecule has 1 N–H and O–H groups in total. The van der Waals surface area contributed by atoms with Crippen LogP contribution in [0.2, 0.25) is 0 Å². The Bertz CT molecular complexity index is 1200. The minimum Gasteiger partial charge on any atom is -0.424 e. The summed E-state index contributed by atoms with van der Waals surface area (Å²) < 4.78 is 5.82. The topological polar surface area (TPSA) is 76.1 Å². The fourth-order valence-electron chi connectivity index (χ4n) is 3.81. The maximum atomic E-state index is 5.82. The third kappa shape index (κ3) is 4.26. The van der Waals surface area contributed by atoms with E-state index in [0.29, 0.717) is 11.8 Å². The van der Waals surface area contributed by atoms with Crippen LogP contribution >= 0.6 is 0 Å². The molecule has 5 rings (SSSR count). The second-order valence-corrected chi connectivity index (χ2v) is 7.76. The summed E-state index contributed by atoms with van der Waals surface area (Å²) in [4.78, 5) is 20.7. The lowest BCUT2D eigenvalue weighted by Gasteiger charge is -2.20. The van der Waals surface area contributed by atoms with Crippen LogP contribution in [0.5, 0.6) is 11.8 Å². The third-order valence-corrected chi connectivity index (χ3v) is 5.25. The largest absolute Gasteiger partial charge is 0.424 e. The van der Waals surface area contributed by atoms with Gasteiger partial charge in [0.15, 0.2) is 11.6 Å². The summed E-state index contributed by atoms with van der Waals surface area (Å²) in [5, 5.41) is 3.45. The van der Waals surface area contributed by atoms with E-state index < -0.39 is 0 Å². The number of nitrogens with zero attached hydrogens (tertiary/aromatic N) is 5. The second-order valence-electron chi connectivity index (χ2n) is 7.76. The minimum atomic E-state index is 0.356. The molecule has 0 atom stereocenters.